The van der Waals surface area contributed by atoms with Gasteiger partial charge in [0.1, 0.15) is 21.7 Å². The fourth-order valence-corrected chi connectivity index (χ4v) is 2.94. The van der Waals surface area contributed by atoms with Gasteiger partial charge in [0.25, 0.3) is 0 Å². The van der Waals surface area contributed by atoms with Gasteiger partial charge < -0.3 is 14.8 Å². The summed E-state index contributed by atoms with van der Waals surface area (Å²) in [5, 5.41) is 3.19. The molecule has 0 aliphatic heterocycles. The number of ether oxygens (including phenoxy) is 2. The lowest BCUT2D eigenvalue weighted by Crippen LogP contribution is -1.99. The van der Waals surface area contributed by atoms with Crippen LogP contribution in [0, 0.1) is 0 Å². The van der Waals surface area contributed by atoms with Gasteiger partial charge in [0.2, 0.25) is 0 Å². The fraction of sp³-hybridized carbons (Fsp3) is 0.333. The molecule has 1 aromatic carbocycles. The number of nitrogens with zero attached hydrogens (tertiary/aromatic N) is 2. The van der Waals surface area contributed by atoms with E-state index in [0.29, 0.717) is 11.5 Å². The monoisotopic (exact) mass is 343 g/mol. The quantitative estimate of drug-likeness (QED) is 0.901. The van der Waals surface area contributed by atoms with Crippen LogP contribution in [0.3, 0.4) is 0 Å². The first-order valence-corrected chi connectivity index (χ1v) is 7.22. The van der Waals surface area contributed by atoms with Gasteiger partial charge in [-0.15, -0.1) is 0 Å². The molecule has 0 aliphatic carbocycles. The van der Waals surface area contributed by atoms with Crippen molar-refractivity contribution >= 4 is 33.5 Å². The Morgan fingerprint density at radius 3 is 2.68 bits per heavy atom. The van der Waals surface area contributed by atoms with Crippen LogP contribution in [0.4, 0.5) is 5.82 Å². The molecule has 0 bridgehead atoms. The number of hydrogen-bond donors (Lipinski definition) is 1. The Morgan fingerprint density at radius 1 is 1.26 bits per heavy atom. The molecule has 1 N–H and O–H groups in total. The molecule has 1 heterocycles. The zero-order valence-electron chi connectivity index (χ0n) is 10.9. The lowest BCUT2D eigenvalue weighted by molar-refractivity contribution is 0.390. The topological polar surface area (TPSA) is 56.3 Å². The van der Waals surface area contributed by atoms with Gasteiger partial charge in [-0.2, -0.15) is 8.75 Å². The molecule has 1 aromatic heterocycles. The number of methoxy groups -OCH3 is 2. The van der Waals surface area contributed by atoms with Crippen LogP contribution < -0.4 is 14.8 Å². The number of benzene rings is 1. The number of halogens is 1. The number of nitrogens with one attached hydrogen (secondary N) is 1. The third kappa shape index (κ3) is 2.66. The normalized spacial score (nSPS) is 10.3. The smallest absolute Gasteiger partial charge is 0.168 e. The molecule has 2 rings (SSSR count). The molecular weight excluding hydrogens is 330 g/mol. The van der Waals surface area contributed by atoms with Crippen molar-refractivity contribution in [3.63, 3.8) is 0 Å². The summed E-state index contributed by atoms with van der Waals surface area (Å²) >= 11 is 4.66. The highest BCUT2D eigenvalue weighted by molar-refractivity contribution is 9.10. The minimum Gasteiger partial charge on any atom is -0.495 e. The maximum Gasteiger partial charge on any atom is 0.168 e. The molecule has 0 saturated carbocycles. The summed E-state index contributed by atoms with van der Waals surface area (Å²) in [7, 11) is 3.24. The SMILES string of the molecule is CCNc1nsnc1-c1ccc(OC)c(Br)c1OC. The van der Waals surface area contributed by atoms with Crippen LogP contribution in [0.1, 0.15) is 6.92 Å². The van der Waals surface area contributed by atoms with Crippen molar-refractivity contribution in [3.05, 3.63) is 16.6 Å². The second-order valence-corrected chi connectivity index (χ2v) is 4.98. The Morgan fingerprint density at radius 2 is 2.05 bits per heavy atom. The van der Waals surface area contributed by atoms with E-state index in [0.717, 1.165) is 28.1 Å². The van der Waals surface area contributed by atoms with Crippen LogP contribution in [-0.2, 0) is 0 Å². The van der Waals surface area contributed by atoms with Crippen LogP contribution in [-0.4, -0.2) is 29.5 Å². The molecule has 0 unspecified atom stereocenters. The molecule has 5 nitrogen and oxygen atoms in total. The zero-order chi connectivity index (χ0) is 13.8. The number of aromatic nitrogens is 2. The summed E-state index contributed by atoms with van der Waals surface area (Å²) in [6, 6.07) is 3.79. The van der Waals surface area contributed by atoms with Crippen LogP contribution in [0.15, 0.2) is 16.6 Å². The van der Waals surface area contributed by atoms with Gasteiger partial charge in [-0.1, -0.05) is 0 Å². The lowest BCUT2D eigenvalue weighted by Gasteiger charge is -2.12. The Balaban J connectivity index is 2.55. The van der Waals surface area contributed by atoms with E-state index >= 15 is 0 Å². The van der Waals surface area contributed by atoms with Gasteiger partial charge in [0.05, 0.1) is 25.9 Å². The fourth-order valence-electron chi connectivity index (χ4n) is 1.73. The van der Waals surface area contributed by atoms with Crippen LogP contribution >= 0.6 is 27.7 Å². The van der Waals surface area contributed by atoms with Gasteiger partial charge >= 0.3 is 0 Å². The predicted molar refractivity (Wildman–Crippen MR) is 80.3 cm³/mol. The average Bonchev–Trinajstić information content (AvgIpc) is 2.87. The van der Waals surface area contributed by atoms with Crippen molar-refractivity contribution in [1.82, 2.24) is 8.75 Å². The average molecular weight is 344 g/mol. The molecule has 0 spiro atoms. The minimum atomic E-state index is 0.686. The first kappa shape index (κ1) is 14.1. The van der Waals surface area contributed by atoms with Crippen molar-refractivity contribution in [1.29, 1.82) is 0 Å². The largest absolute Gasteiger partial charge is 0.495 e. The van der Waals surface area contributed by atoms with Crippen molar-refractivity contribution in [3.8, 4) is 22.8 Å². The predicted octanol–water partition coefficient (Wildman–Crippen LogP) is 3.42. The van der Waals surface area contributed by atoms with E-state index in [-0.39, 0.29) is 0 Å². The molecule has 0 radical (unpaired) electrons. The first-order chi connectivity index (χ1) is 9.22. The summed E-state index contributed by atoms with van der Waals surface area (Å²) in [6.07, 6.45) is 0. The third-order valence-corrected chi connectivity index (χ3v) is 3.85. The number of hydrogen-bond acceptors (Lipinski definition) is 6. The summed E-state index contributed by atoms with van der Waals surface area (Å²) in [5.74, 6) is 2.17. The highest BCUT2D eigenvalue weighted by Crippen LogP contribution is 2.43. The second-order valence-electron chi connectivity index (χ2n) is 3.65. The van der Waals surface area contributed by atoms with Gasteiger partial charge in [-0.25, -0.2) is 0 Å². The van der Waals surface area contributed by atoms with E-state index in [1.54, 1.807) is 14.2 Å². The lowest BCUT2D eigenvalue weighted by atomic mass is 10.1. The van der Waals surface area contributed by atoms with Crippen molar-refractivity contribution < 1.29 is 9.47 Å². The number of anilines is 1. The third-order valence-electron chi connectivity index (χ3n) is 2.57. The van der Waals surface area contributed by atoms with Gasteiger partial charge in [-0.05, 0) is 35.0 Å². The summed E-state index contributed by atoms with van der Waals surface area (Å²) in [4.78, 5) is 0. The molecule has 0 atom stereocenters. The summed E-state index contributed by atoms with van der Waals surface area (Å²) < 4.78 is 20.1. The van der Waals surface area contributed by atoms with E-state index in [2.05, 4.69) is 30.0 Å². The Labute approximate surface area is 124 Å². The molecule has 7 heteroatoms. The Bertz CT molecular complexity index is 574. The highest BCUT2D eigenvalue weighted by atomic mass is 79.9. The minimum absolute atomic E-state index is 0.686. The first-order valence-electron chi connectivity index (χ1n) is 5.70. The molecule has 0 saturated heterocycles. The Hall–Kier alpha value is -1.34. The van der Waals surface area contributed by atoms with Gasteiger partial charge in [-0.3, -0.25) is 0 Å². The van der Waals surface area contributed by atoms with E-state index in [4.69, 9.17) is 9.47 Å². The molecule has 19 heavy (non-hydrogen) atoms. The summed E-state index contributed by atoms with van der Waals surface area (Å²) in [6.45, 7) is 2.81. The van der Waals surface area contributed by atoms with Crippen LogP contribution in [0.2, 0.25) is 0 Å². The number of rotatable bonds is 5. The van der Waals surface area contributed by atoms with Gasteiger partial charge in [0.15, 0.2) is 5.82 Å². The second kappa shape index (κ2) is 6.21. The summed E-state index contributed by atoms with van der Waals surface area (Å²) in [5.41, 5.74) is 1.66. The molecule has 0 fully saturated rings. The van der Waals surface area contributed by atoms with E-state index < -0.39 is 0 Å². The molecular formula is C12H14BrN3O2S. The Kier molecular flexibility index (Phi) is 4.60. The molecule has 102 valence electrons. The van der Waals surface area contributed by atoms with Crippen LogP contribution in [0.25, 0.3) is 11.3 Å². The highest BCUT2D eigenvalue weighted by Gasteiger charge is 2.19. The molecule has 0 amide bonds. The van der Waals surface area contributed by atoms with Crippen LogP contribution in [0.5, 0.6) is 11.5 Å². The molecule has 2 aromatic rings. The van der Waals surface area contributed by atoms with E-state index in [1.807, 2.05) is 19.1 Å². The maximum atomic E-state index is 5.46. The van der Waals surface area contributed by atoms with Crippen molar-refractivity contribution in [2.75, 3.05) is 26.1 Å². The van der Waals surface area contributed by atoms with Gasteiger partial charge in [0, 0.05) is 12.1 Å². The van der Waals surface area contributed by atoms with E-state index in [1.165, 1.54) is 11.7 Å². The maximum absolute atomic E-state index is 5.46. The standard InChI is InChI=1S/C12H14BrN3O2S/c1-4-14-12-10(15-19-16-12)7-5-6-8(17-2)9(13)11(7)18-3/h5-6H,4H2,1-3H3,(H,14,16). The van der Waals surface area contributed by atoms with Crippen molar-refractivity contribution in [2.24, 2.45) is 0 Å². The van der Waals surface area contributed by atoms with E-state index in [9.17, 15) is 0 Å². The van der Waals surface area contributed by atoms with Crippen molar-refractivity contribution in [2.45, 2.75) is 6.92 Å². The molecule has 0 aliphatic rings. The zero-order valence-corrected chi connectivity index (χ0v) is 13.3.